The minimum absolute atomic E-state index is 0.725. The van der Waals surface area contributed by atoms with Crippen LogP contribution in [0.4, 0.5) is 0 Å². The Morgan fingerprint density at radius 1 is 1.18 bits per heavy atom. The fraction of sp³-hybridized carbons (Fsp3) is 0.125. The molecular weight excluding hydrogens is 183 g/mol. The van der Waals surface area contributed by atoms with Crippen LogP contribution in [0, 0.1) is 6.92 Å². The Bertz CT molecular complexity index is 215. The van der Waals surface area contributed by atoms with Crippen molar-refractivity contribution in [1.29, 1.82) is 0 Å². The standard InChI is InChI=1S/C7H6Cl2.CH2O/c1-5-6(8)3-2-4-7(5)9;1-2/h2-4H,1H3;1H2. The van der Waals surface area contributed by atoms with E-state index in [2.05, 4.69) is 0 Å². The van der Waals surface area contributed by atoms with Crippen molar-refractivity contribution in [3.63, 3.8) is 0 Å². The van der Waals surface area contributed by atoms with Gasteiger partial charge in [-0.15, -0.1) is 0 Å². The molecule has 60 valence electrons. The summed E-state index contributed by atoms with van der Waals surface area (Å²) in [6.07, 6.45) is 0. The van der Waals surface area contributed by atoms with Crippen LogP contribution >= 0.6 is 23.2 Å². The number of hydrogen-bond donors (Lipinski definition) is 0. The fourth-order valence-corrected chi connectivity index (χ4v) is 0.979. The van der Waals surface area contributed by atoms with Crippen LogP contribution < -0.4 is 0 Å². The van der Waals surface area contributed by atoms with Gasteiger partial charge >= 0.3 is 0 Å². The van der Waals surface area contributed by atoms with Crippen LogP contribution in [0.25, 0.3) is 0 Å². The zero-order valence-corrected chi connectivity index (χ0v) is 7.62. The molecule has 3 heteroatoms. The quantitative estimate of drug-likeness (QED) is 0.615. The van der Waals surface area contributed by atoms with E-state index in [1.165, 1.54) is 0 Å². The zero-order chi connectivity index (χ0) is 8.85. The van der Waals surface area contributed by atoms with Gasteiger partial charge in [0.1, 0.15) is 6.79 Å². The molecule has 0 unspecified atom stereocenters. The Morgan fingerprint density at radius 3 is 1.82 bits per heavy atom. The van der Waals surface area contributed by atoms with Crippen molar-refractivity contribution in [3.05, 3.63) is 33.8 Å². The number of benzene rings is 1. The Hall–Kier alpha value is -0.530. The normalized spacial score (nSPS) is 8.27. The topological polar surface area (TPSA) is 17.1 Å². The van der Waals surface area contributed by atoms with Gasteiger partial charge in [-0.2, -0.15) is 0 Å². The van der Waals surface area contributed by atoms with Gasteiger partial charge in [0.2, 0.25) is 0 Å². The molecule has 0 aliphatic heterocycles. The number of halogens is 2. The maximum atomic E-state index is 8.00. The molecular formula is C8H8Cl2O. The summed E-state index contributed by atoms with van der Waals surface area (Å²) in [5, 5.41) is 1.45. The van der Waals surface area contributed by atoms with E-state index in [9.17, 15) is 0 Å². The van der Waals surface area contributed by atoms with Gasteiger partial charge in [0, 0.05) is 10.0 Å². The van der Waals surface area contributed by atoms with Crippen LogP contribution in [-0.2, 0) is 4.79 Å². The van der Waals surface area contributed by atoms with Crippen molar-refractivity contribution in [1.82, 2.24) is 0 Å². The molecule has 11 heavy (non-hydrogen) atoms. The van der Waals surface area contributed by atoms with Crippen molar-refractivity contribution in [2.75, 3.05) is 0 Å². The van der Waals surface area contributed by atoms with Gasteiger partial charge in [-0.05, 0) is 24.6 Å². The first-order valence-corrected chi connectivity index (χ1v) is 3.67. The van der Waals surface area contributed by atoms with Crippen LogP contribution in [0.3, 0.4) is 0 Å². The highest BCUT2D eigenvalue weighted by atomic mass is 35.5. The molecule has 0 aromatic heterocycles. The van der Waals surface area contributed by atoms with Crippen LogP contribution in [0.1, 0.15) is 5.56 Å². The first-order chi connectivity index (χ1) is 5.22. The van der Waals surface area contributed by atoms with Gasteiger partial charge in [0.15, 0.2) is 0 Å². The molecule has 0 radical (unpaired) electrons. The van der Waals surface area contributed by atoms with E-state index < -0.39 is 0 Å². The Morgan fingerprint density at radius 2 is 1.55 bits per heavy atom. The fourth-order valence-electron chi connectivity index (χ4n) is 0.581. The lowest BCUT2D eigenvalue weighted by Gasteiger charge is -1.96. The molecule has 0 atom stereocenters. The van der Waals surface area contributed by atoms with Gasteiger partial charge in [-0.3, -0.25) is 0 Å². The monoisotopic (exact) mass is 190 g/mol. The molecule has 0 amide bonds. The average molecular weight is 191 g/mol. The van der Waals surface area contributed by atoms with Crippen molar-refractivity contribution in [2.24, 2.45) is 0 Å². The lowest BCUT2D eigenvalue weighted by atomic mass is 10.2. The van der Waals surface area contributed by atoms with Crippen molar-refractivity contribution in [2.45, 2.75) is 6.92 Å². The maximum absolute atomic E-state index is 8.00. The van der Waals surface area contributed by atoms with E-state index in [4.69, 9.17) is 28.0 Å². The highest BCUT2D eigenvalue weighted by Crippen LogP contribution is 2.21. The average Bonchev–Trinajstić information content (AvgIpc) is 2.04. The molecule has 0 saturated heterocycles. The molecule has 0 N–H and O–H groups in total. The molecule has 0 fully saturated rings. The third kappa shape index (κ3) is 2.91. The smallest absolute Gasteiger partial charge is 0.106 e. The van der Waals surface area contributed by atoms with Gasteiger partial charge in [0.25, 0.3) is 0 Å². The number of carbonyl (C=O) groups excluding carboxylic acids is 1. The molecule has 0 spiro atoms. The molecule has 1 aromatic rings. The minimum Gasteiger partial charge on any atom is -0.307 e. The van der Waals surface area contributed by atoms with Crippen LogP contribution in [0.15, 0.2) is 18.2 Å². The van der Waals surface area contributed by atoms with Gasteiger partial charge in [-0.25, -0.2) is 0 Å². The van der Waals surface area contributed by atoms with Crippen molar-refractivity contribution in [3.8, 4) is 0 Å². The van der Waals surface area contributed by atoms with E-state index in [1.807, 2.05) is 31.9 Å². The Labute approximate surface area is 75.9 Å². The van der Waals surface area contributed by atoms with E-state index in [1.54, 1.807) is 0 Å². The summed E-state index contributed by atoms with van der Waals surface area (Å²) in [7, 11) is 0. The molecule has 1 aromatic carbocycles. The lowest BCUT2D eigenvalue weighted by Crippen LogP contribution is -1.73. The third-order valence-corrected chi connectivity index (χ3v) is 2.02. The largest absolute Gasteiger partial charge is 0.307 e. The van der Waals surface area contributed by atoms with E-state index in [0.717, 1.165) is 15.6 Å². The Kier molecular flexibility index (Phi) is 4.92. The maximum Gasteiger partial charge on any atom is 0.106 e. The molecule has 1 rings (SSSR count). The number of rotatable bonds is 0. The van der Waals surface area contributed by atoms with E-state index in [-0.39, 0.29) is 0 Å². The molecule has 0 aliphatic carbocycles. The van der Waals surface area contributed by atoms with Crippen molar-refractivity contribution < 1.29 is 4.79 Å². The first-order valence-electron chi connectivity index (χ1n) is 2.91. The summed E-state index contributed by atoms with van der Waals surface area (Å²) >= 11 is 11.5. The second-order valence-electron chi connectivity index (χ2n) is 1.85. The predicted molar refractivity (Wildman–Crippen MR) is 48.3 cm³/mol. The second kappa shape index (κ2) is 5.16. The summed E-state index contributed by atoms with van der Waals surface area (Å²) in [6, 6.07) is 5.48. The second-order valence-corrected chi connectivity index (χ2v) is 2.66. The Balaban J connectivity index is 0.000000461. The first kappa shape index (κ1) is 10.5. The summed E-state index contributed by atoms with van der Waals surface area (Å²) in [6.45, 7) is 3.89. The summed E-state index contributed by atoms with van der Waals surface area (Å²) in [5.74, 6) is 0. The van der Waals surface area contributed by atoms with Crippen LogP contribution in [0.2, 0.25) is 10.0 Å². The highest BCUT2D eigenvalue weighted by molar-refractivity contribution is 6.35. The highest BCUT2D eigenvalue weighted by Gasteiger charge is 1.96. The molecule has 0 saturated carbocycles. The summed E-state index contributed by atoms with van der Waals surface area (Å²) < 4.78 is 0. The van der Waals surface area contributed by atoms with E-state index in [0.29, 0.717) is 0 Å². The van der Waals surface area contributed by atoms with Crippen molar-refractivity contribution >= 4 is 30.0 Å². The summed E-state index contributed by atoms with van der Waals surface area (Å²) in [5.41, 5.74) is 0.945. The van der Waals surface area contributed by atoms with E-state index >= 15 is 0 Å². The lowest BCUT2D eigenvalue weighted by molar-refractivity contribution is -0.0979. The molecule has 0 bridgehead atoms. The molecule has 1 nitrogen and oxygen atoms in total. The molecule has 0 aliphatic rings. The minimum atomic E-state index is 0.725. The predicted octanol–water partition coefficient (Wildman–Crippen LogP) is 3.12. The third-order valence-electron chi connectivity index (χ3n) is 1.20. The van der Waals surface area contributed by atoms with Gasteiger partial charge < -0.3 is 4.79 Å². The number of carbonyl (C=O) groups is 1. The molecule has 0 heterocycles. The summed E-state index contributed by atoms with van der Waals surface area (Å²) in [4.78, 5) is 8.00. The zero-order valence-electron chi connectivity index (χ0n) is 6.10. The van der Waals surface area contributed by atoms with Crippen LogP contribution in [-0.4, -0.2) is 6.79 Å². The SMILES string of the molecule is C=O.Cc1c(Cl)cccc1Cl. The van der Waals surface area contributed by atoms with Gasteiger partial charge in [-0.1, -0.05) is 29.3 Å². The number of hydrogen-bond acceptors (Lipinski definition) is 1. The van der Waals surface area contributed by atoms with Gasteiger partial charge in [0.05, 0.1) is 0 Å². The van der Waals surface area contributed by atoms with Crippen LogP contribution in [0.5, 0.6) is 0 Å².